The molecule has 1 heterocycles. The molecule has 0 saturated heterocycles. The topological polar surface area (TPSA) is 162 Å². The summed E-state index contributed by atoms with van der Waals surface area (Å²) in [7, 11) is 0. The zero-order valence-corrected chi connectivity index (χ0v) is 18.7. The van der Waals surface area contributed by atoms with Crippen molar-refractivity contribution in [2.24, 2.45) is 23.1 Å². The maximum Gasteiger partial charge on any atom is 0.324 e. The van der Waals surface area contributed by atoms with E-state index in [9.17, 15) is 19.5 Å². The Morgan fingerprint density at radius 2 is 1.91 bits per heavy atom. The van der Waals surface area contributed by atoms with Crippen LogP contribution in [0, 0.1) is 12.8 Å². The normalized spacial score (nSPS) is 16.2. The monoisotopic (exact) mass is 456 g/mol. The molecule has 1 aromatic heterocycles. The van der Waals surface area contributed by atoms with Crippen LogP contribution in [-0.2, 0) is 4.79 Å². The maximum absolute atomic E-state index is 11.8. The molecular weight excluding hydrogens is 428 g/mol. The van der Waals surface area contributed by atoms with Crippen LogP contribution in [0.2, 0.25) is 0 Å². The first-order valence-corrected chi connectivity index (χ1v) is 11.2. The molecule has 0 spiro atoms. The standard InChI is InChI=1S/C23H28N4O4S/c1-13-11-15(18-12-17(19(24)28)20(32-18)27-22(25)31)9-8-14(13)5-4-10-23(26,21(29)30)16-6-2-3-7-16/h4-5,8-9,11-12,16H,2-3,6-7,10,26H2,1H3,(H2,24,28)(H,29,30)(H3,25,27,31)/t23-/m0/s1. The molecule has 0 radical (unpaired) electrons. The van der Waals surface area contributed by atoms with Crippen molar-refractivity contribution in [1.29, 1.82) is 0 Å². The summed E-state index contributed by atoms with van der Waals surface area (Å²) in [6.07, 6.45) is 7.75. The summed E-state index contributed by atoms with van der Waals surface area (Å²) in [5.41, 5.74) is 18.6. The number of urea groups is 1. The summed E-state index contributed by atoms with van der Waals surface area (Å²) in [6.45, 7) is 1.94. The molecule has 32 heavy (non-hydrogen) atoms. The maximum atomic E-state index is 11.8. The van der Waals surface area contributed by atoms with Crippen molar-refractivity contribution in [2.75, 3.05) is 5.32 Å². The minimum absolute atomic E-state index is 0.00499. The van der Waals surface area contributed by atoms with Crippen molar-refractivity contribution >= 4 is 40.3 Å². The lowest BCUT2D eigenvalue weighted by atomic mass is 9.80. The fourth-order valence-electron chi connectivity index (χ4n) is 4.19. The molecule has 3 amide bonds. The van der Waals surface area contributed by atoms with E-state index in [4.69, 9.17) is 17.2 Å². The molecule has 3 rings (SSSR count). The Morgan fingerprint density at radius 1 is 1.22 bits per heavy atom. The molecule has 170 valence electrons. The van der Waals surface area contributed by atoms with E-state index in [0.29, 0.717) is 5.00 Å². The molecule has 1 aliphatic rings. The molecule has 0 aliphatic heterocycles. The number of carboxylic acids is 1. The number of hydrogen-bond donors (Lipinski definition) is 5. The number of amides is 3. The second kappa shape index (κ2) is 9.54. The van der Waals surface area contributed by atoms with E-state index in [2.05, 4.69) is 5.32 Å². The molecule has 1 atom stereocenters. The second-order valence-electron chi connectivity index (χ2n) is 8.21. The van der Waals surface area contributed by atoms with Gasteiger partial charge in [-0.15, -0.1) is 11.3 Å². The number of carbonyl (C=O) groups is 3. The van der Waals surface area contributed by atoms with Gasteiger partial charge >= 0.3 is 12.0 Å². The Balaban J connectivity index is 1.80. The third-order valence-electron chi connectivity index (χ3n) is 6.02. The molecule has 1 fully saturated rings. The van der Waals surface area contributed by atoms with Gasteiger partial charge in [-0.25, -0.2) is 4.79 Å². The van der Waals surface area contributed by atoms with E-state index in [1.54, 1.807) is 6.07 Å². The highest BCUT2D eigenvalue weighted by atomic mass is 32.1. The highest BCUT2D eigenvalue weighted by Crippen LogP contribution is 2.37. The predicted octanol–water partition coefficient (Wildman–Crippen LogP) is 3.69. The van der Waals surface area contributed by atoms with Gasteiger partial charge in [0.1, 0.15) is 10.5 Å². The van der Waals surface area contributed by atoms with Crippen LogP contribution in [0.3, 0.4) is 0 Å². The van der Waals surface area contributed by atoms with Crippen molar-refractivity contribution in [2.45, 2.75) is 44.6 Å². The van der Waals surface area contributed by atoms with Crippen LogP contribution in [-0.4, -0.2) is 28.6 Å². The quantitative estimate of drug-likeness (QED) is 0.408. The summed E-state index contributed by atoms with van der Waals surface area (Å²) in [4.78, 5) is 35.5. The van der Waals surface area contributed by atoms with Crippen LogP contribution in [0.4, 0.5) is 9.80 Å². The first-order chi connectivity index (χ1) is 15.1. The number of rotatable bonds is 8. The van der Waals surface area contributed by atoms with Gasteiger partial charge in [0, 0.05) is 4.88 Å². The van der Waals surface area contributed by atoms with Crippen molar-refractivity contribution in [3.8, 4) is 10.4 Å². The van der Waals surface area contributed by atoms with E-state index < -0.39 is 23.4 Å². The van der Waals surface area contributed by atoms with Gasteiger partial charge in [0.05, 0.1) is 5.56 Å². The van der Waals surface area contributed by atoms with Crippen molar-refractivity contribution < 1.29 is 19.5 Å². The number of carboxylic acid groups (broad SMARTS) is 1. The number of aliphatic carboxylic acids is 1. The van der Waals surface area contributed by atoms with Gasteiger partial charge in [-0.1, -0.05) is 43.2 Å². The Hall–Kier alpha value is -3.17. The van der Waals surface area contributed by atoms with Gasteiger partial charge in [0.2, 0.25) is 0 Å². The highest BCUT2D eigenvalue weighted by molar-refractivity contribution is 7.20. The second-order valence-corrected chi connectivity index (χ2v) is 9.26. The fourth-order valence-corrected chi connectivity index (χ4v) is 5.25. The van der Waals surface area contributed by atoms with Crippen LogP contribution in [0.25, 0.3) is 16.5 Å². The van der Waals surface area contributed by atoms with Crippen molar-refractivity contribution in [3.05, 3.63) is 47.0 Å². The fraction of sp³-hybridized carbons (Fsp3) is 0.348. The average molecular weight is 457 g/mol. The number of hydrogen-bond acceptors (Lipinski definition) is 5. The van der Waals surface area contributed by atoms with E-state index in [1.165, 1.54) is 11.3 Å². The SMILES string of the molecule is Cc1cc(-c2cc(C(N)=O)c(NC(N)=O)s2)ccc1C=CC[C@@](N)(C(=O)O)C1CCCC1. The first kappa shape index (κ1) is 23.5. The average Bonchev–Trinajstić information content (AvgIpc) is 3.39. The molecule has 9 heteroatoms. The summed E-state index contributed by atoms with van der Waals surface area (Å²) in [5, 5.41) is 12.4. The summed E-state index contributed by atoms with van der Waals surface area (Å²) >= 11 is 1.21. The minimum Gasteiger partial charge on any atom is -0.480 e. The van der Waals surface area contributed by atoms with Gasteiger partial charge < -0.3 is 22.3 Å². The van der Waals surface area contributed by atoms with E-state index in [1.807, 2.05) is 37.3 Å². The largest absolute Gasteiger partial charge is 0.480 e. The number of primary amides is 2. The van der Waals surface area contributed by atoms with E-state index in [0.717, 1.165) is 47.3 Å². The van der Waals surface area contributed by atoms with Crippen LogP contribution < -0.4 is 22.5 Å². The Kier molecular flexibility index (Phi) is 7.00. The highest BCUT2D eigenvalue weighted by Gasteiger charge is 2.42. The van der Waals surface area contributed by atoms with Crippen molar-refractivity contribution in [1.82, 2.24) is 0 Å². The number of nitrogens with two attached hydrogens (primary N) is 3. The number of benzene rings is 1. The van der Waals surface area contributed by atoms with Crippen LogP contribution in [0.15, 0.2) is 30.3 Å². The minimum atomic E-state index is -1.24. The van der Waals surface area contributed by atoms with Gasteiger partial charge in [-0.2, -0.15) is 0 Å². The van der Waals surface area contributed by atoms with Crippen LogP contribution >= 0.6 is 11.3 Å². The number of carbonyl (C=O) groups excluding carboxylic acids is 2. The lowest BCUT2D eigenvalue weighted by Crippen LogP contribution is -2.53. The van der Waals surface area contributed by atoms with Crippen LogP contribution in [0.1, 0.15) is 53.6 Å². The van der Waals surface area contributed by atoms with Gasteiger partial charge in [-0.05, 0) is 54.9 Å². The molecule has 2 aromatic rings. The van der Waals surface area contributed by atoms with Gasteiger partial charge in [0.25, 0.3) is 5.91 Å². The Labute approximate surface area is 190 Å². The molecule has 1 aliphatic carbocycles. The number of anilines is 1. The molecular formula is C23H28N4O4S. The lowest BCUT2D eigenvalue weighted by Gasteiger charge is -2.30. The predicted molar refractivity (Wildman–Crippen MR) is 126 cm³/mol. The first-order valence-electron chi connectivity index (χ1n) is 10.4. The number of nitrogens with one attached hydrogen (secondary N) is 1. The smallest absolute Gasteiger partial charge is 0.324 e. The molecule has 1 aromatic carbocycles. The van der Waals surface area contributed by atoms with E-state index >= 15 is 0 Å². The Bertz CT molecular complexity index is 1070. The van der Waals surface area contributed by atoms with Crippen LogP contribution in [0.5, 0.6) is 0 Å². The third-order valence-corrected chi connectivity index (χ3v) is 7.12. The summed E-state index contributed by atoms with van der Waals surface area (Å²) in [5.74, 6) is -1.61. The molecule has 0 bridgehead atoms. The molecule has 8 N–H and O–H groups in total. The zero-order valence-electron chi connectivity index (χ0n) is 17.9. The molecule has 1 saturated carbocycles. The van der Waals surface area contributed by atoms with Gasteiger partial charge in [-0.3, -0.25) is 14.9 Å². The zero-order chi connectivity index (χ0) is 23.5. The van der Waals surface area contributed by atoms with Crippen molar-refractivity contribution in [3.63, 3.8) is 0 Å². The number of aryl methyl sites for hydroxylation is 1. The third kappa shape index (κ3) is 5.00. The molecule has 8 nitrogen and oxygen atoms in total. The lowest BCUT2D eigenvalue weighted by molar-refractivity contribution is -0.145. The van der Waals surface area contributed by atoms with E-state index in [-0.39, 0.29) is 17.9 Å². The van der Waals surface area contributed by atoms with Gasteiger partial charge in [0.15, 0.2) is 0 Å². The Morgan fingerprint density at radius 3 is 2.47 bits per heavy atom. The summed E-state index contributed by atoms with van der Waals surface area (Å²) in [6, 6.07) is 6.61. The summed E-state index contributed by atoms with van der Waals surface area (Å²) < 4.78 is 0. The number of thiophene rings is 1. The molecule has 0 unspecified atom stereocenters.